The molecule has 1 unspecified atom stereocenters. The van der Waals surface area contributed by atoms with Crippen LogP contribution in [0.5, 0.6) is 5.75 Å². The first-order chi connectivity index (χ1) is 8.63. The van der Waals surface area contributed by atoms with Gasteiger partial charge in [-0.05, 0) is 24.3 Å². The van der Waals surface area contributed by atoms with Crippen LogP contribution in [0.2, 0.25) is 0 Å². The maximum Gasteiger partial charge on any atom is 0.129 e. The molecule has 0 saturated heterocycles. The van der Waals surface area contributed by atoms with Crippen molar-refractivity contribution >= 4 is 21.7 Å². The third kappa shape index (κ3) is 2.47. The Bertz CT molecular complexity index is 560. The predicted molar refractivity (Wildman–Crippen MR) is 73.4 cm³/mol. The topological polar surface area (TPSA) is 68.4 Å². The minimum atomic E-state index is -0.869. The maximum absolute atomic E-state index is 10.4. The van der Waals surface area contributed by atoms with E-state index in [1.807, 2.05) is 6.07 Å². The number of hydrogen-bond acceptors (Lipinski definition) is 4. The molecule has 0 aliphatic carbocycles. The molecule has 0 bridgehead atoms. The van der Waals surface area contributed by atoms with Gasteiger partial charge in [-0.2, -0.15) is 0 Å². The number of nitrogens with two attached hydrogens (primary N) is 1. The summed E-state index contributed by atoms with van der Waals surface area (Å²) in [6.07, 6.45) is 0.718. The molecule has 94 valence electrons. The van der Waals surface area contributed by atoms with Gasteiger partial charge in [0, 0.05) is 21.8 Å². The molecule has 0 amide bonds. The van der Waals surface area contributed by atoms with Crippen LogP contribution in [0.4, 0.5) is 5.82 Å². The Balaban J connectivity index is 2.48. The highest BCUT2D eigenvalue weighted by atomic mass is 79.9. The number of aromatic nitrogens is 1. The Morgan fingerprint density at radius 2 is 2.11 bits per heavy atom. The molecule has 2 rings (SSSR count). The minimum Gasteiger partial charge on any atom is -0.496 e. The van der Waals surface area contributed by atoms with E-state index >= 15 is 0 Å². The summed E-state index contributed by atoms with van der Waals surface area (Å²) < 4.78 is 6.10. The number of pyridine rings is 1. The summed E-state index contributed by atoms with van der Waals surface area (Å²) in [5, 5.41) is 10.4. The third-order valence-electron chi connectivity index (χ3n) is 2.65. The quantitative estimate of drug-likeness (QED) is 0.914. The lowest BCUT2D eigenvalue weighted by molar-refractivity contribution is 0.215. The number of nitrogens with zero attached hydrogens (tertiary/aromatic N) is 1. The van der Waals surface area contributed by atoms with Crippen LogP contribution in [0, 0.1) is 0 Å². The van der Waals surface area contributed by atoms with Crippen molar-refractivity contribution in [2.45, 2.75) is 6.10 Å². The highest BCUT2D eigenvalue weighted by Gasteiger charge is 2.18. The minimum absolute atomic E-state index is 0.312. The summed E-state index contributed by atoms with van der Waals surface area (Å²) >= 11 is 3.37. The number of halogens is 1. The highest BCUT2D eigenvalue weighted by molar-refractivity contribution is 9.10. The number of rotatable bonds is 3. The second-order valence-corrected chi connectivity index (χ2v) is 4.68. The number of ether oxygens (including phenoxy) is 1. The van der Waals surface area contributed by atoms with Crippen LogP contribution < -0.4 is 10.5 Å². The first-order valence-corrected chi connectivity index (χ1v) is 6.14. The van der Waals surface area contributed by atoms with Crippen molar-refractivity contribution in [3.05, 3.63) is 52.1 Å². The fraction of sp³-hybridized carbons (Fsp3) is 0.154. The molecule has 0 spiro atoms. The Kier molecular flexibility index (Phi) is 3.84. The zero-order chi connectivity index (χ0) is 13.1. The Labute approximate surface area is 114 Å². The van der Waals surface area contributed by atoms with Crippen LogP contribution >= 0.6 is 15.9 Å². The van der Waals surface area contributed by atoms with Gasteiger partial charge in [-0.1, -0.05) is 22.0 Å². The molecular weight excluding hydrogens is 296 g/mol. The summed E-state index contributed by atoms with van der Waals surface area (Å²) in [6, 6.07) is 8.92. The molecule has 5 heteroatoms. The van der Waals surface area contributed by atoms with Gasteiger partial charge in [0.1, 0.15) is 17.7 Å². The van der Waals surface area contributed by atoms with E-state index in [0.717, 1.165) is 4.47 Å². The van der Waals surface area contributed by atoms with Gasteiger partial charge in [-0.15, -0.1) is 0 Å². The van der Waals surface area contributed by atoms with Gasteiger partial charge in [0.25, 0.3) is 0 Å². The molecule has 2 aromatic rings. The summed E-state index contributed by atoms with van der Waals surface area (Å²) in [5.74, 6) is 0.918. The molecule has 1 heterocycles. The first kappa shape index (κ1) is 12.9. The van der Waals surface area contributed by atoms with Crippen LogP contribution in [0.25, 0.3) is 0 Å². The predicted octanol–water partition coefficient (Wildman–Crippen LogP) is 2.52. The van der Waals surface area contributed by atoms with Gasteiger partial charge in [0.15, 0.2) is 0 Å². The number of benzene rings is 1. The van der Waals surface area contributed by atoms with Gasteiger partial charge < -0.3 is 15.6 Å². The molecule has 1 atom stereocenters. The molecule has 1 aromatic heterocycles. The molecular formula is C13H13BrN2O2. The molecule has 3 N–H and O–H groups in total. The molecule has 0 saturated carbocycles. The van der Waals surface area contributed by atoms with Crippen molar-refractivity contribution in [1.82, 2.24) is 4.98 Å². The van der Waals surface area contributed by atoms with E-state index in [1.54, 1.807) is 37.6 Å². The molecule has 1 aromatic carbocycles. The van der Waals surface area contributed by atoms with Crippen LogP contribution in [0.15, 0.2) is 41.0 Å². The number of aliphatic hydroxyl groups excluding tert-OH is 1. The molecule has 18 heavy (non-hydrogen) atoms. The molecule has 4 nitrogen and oxygen atoms in total. The number of nitrogen functional groups attached to an aromatic ring is 1. The SMILES string of the molecule is COc1ccc(Br)cc1C(O)c1cccnc1N. The van der Waals surface area contributed by atoms with Crippen molar-refractivity contribution in [3.8, 4) is 5.75 Å². The van der Waals surface area contributed by atoms with E-state index in [2.05, 4.69) is 20.9 Å². The zero-order valence-corrected chi connectivity index (χ0v) is 11.4. The average Bonchev–Trinajstić information content (AvgIpc) is 2.38. The van der Waals surface area contributed by atoms with Gasteiger partial charge in [-0.3, -0.25) is 0 Å². The van der Waals surface area contributed by atoms with Crippen molar-refractivity contribution < 1.29 is 9.84 Å². The standard InChI is InChI=1S/C13H13BrN2O2/c1-18-11-5-4-8(14)7-10(11)12(17)9-3-2-6-16-13(9)15/h2-7,12,17H,1H3,(H2,15,16). The van der Waals surface area contributed by atoms with E-state index in [4.69, 9.17) is 10.5 Å². The van der Waals surface area contributed by atoms with Crippen molar-refractivity contribution in [2.75, 3.05) is 12.8 Å². The van der Waals surface area contributed by atoms with E-state index in [1.165, 1.54) is 0 Å². The van der Waals surface area contributed by atoms with Gasteiger partial charge in [-0.25, -0.2) is 4.98 Å². The summed E-state index contributed by atoms with van der Waals surface area (Å²) in [5.41, 5.74) is 6.97. The second-order valence-electron chi connectivity index (χ2n) is 3.77. The normalized spacial score (nSPS) is 12.2. The lowest BCUT2D eigenvalue weighted by Crippen LogP contribution is -2.06. The second kappa shape index (κ2) is 5.37. The van der Waals surface area contributed by atoms with Gasteiger partial charge >= 0.3 is 0 Å². The third-order valence-corrected chi connectivity index (χ3v) is 3.15. The fourth-order valence-electron chi connectivity index (χ4n) is 1.75. The van der Waals surface area contributed by atoms with Crippen molar-refractivity contribution in [2.24, 2.45) is 0 Å². The number of aliphatic hydroxyl groups is 1. The van der Waals surface area contributed by atoms with E-state index < -0.39 is 6.10 Å². The van der Waals surface area contributed by atoms with Crippen LogP contribution in [-0.2, 0) is 0 Å². The summed E-state index contributed by atoms with van der Waals surface area (Å²) in [4.78, 5) is 3.97. The molecule has 0 aliphatic rings. The van der Waals surface area contributed by atoms with Crippen molar-refractivity contribution in [3.63, 3.8) is 0 Å². The smallest absolute Gasteiger partial charge is 0.129 e. The lowest BCUT2D eigenvalue weighted by Gasteiger charge is -2.16. The number of anilines is 1. The Hall–Kier alpha value is -1.59. The number of methoxy groups -OCH3 is 1. The van der Waals surface area contributed by atoms with Crippen LogP contribution in [0.1, 0.15) is 17.2 Å². The van der Waals surface area contributed by atoms with E-state index in [-0.39, 0.29) is 0 Å². The van der Waals surface area contributed by atoms with Crippen molar-refractivity contribution in [1.29, 1.82) is 0 Å². The van der Waals surface area contributed by atoms with Gasteiger partial charge in [0.2, 0.25) is 0 Å². The summed E-state index contributed by atoms with van der Waals surface area (Å²) in [6.45, 7) is 0. The average molecular weight is 309 g/mol. The maximum atomic E-state index is 10.4. The van der Waals surface area contributed by atoms with Crippen LogP contribution in [0.3, 0.4) is 0 Å². The van der Waals surface area contributed by atoms with Gasteiger partial charge in [0.05, 0.1) is 7.11 Å². The number of hydrogen-bond donors (Lipinski definition) is 2. The molecule has 0 fully saturated rings. The molecule has 0 radical (unpaired) electrons. The fourth-order valence-corrected chi connectivity index (χ4v) is 2.13. The Morgan fingerprint density at radius 1 is 1.33 bits per heavy atom. The van der Waals surface area contributed by atoms with Crippen LogP contribution in [-0.4, -0.2) is 17.2 Å². The van der Waals surface area contributed by atoms with E-state index in [0.29, 0.717) is 22.7 Å². The summed E-state index contributed by atoms with van der Waals surface area (Å²) in [7, 11) is 1.56. The monoisotopic (exact) mass is 308 g/mol. The Morgan fingerprint density at radius 3 is 2.78 bits per heavy atom. The lowest BCUT2D eigenvalue weighted by atomic mass is 10.0. The molecule has 0 aliphatic heterocycles. The highest BCUT2D eigenvalue weighted by Crippen LogP contribution is 2.33. The largest absolute Gasteiger partial charge is 0.496 e. The zero-order valence-electron chi connectivity index (χ0n) is 9.80. The van der Waals surface area contributed by atoms with E-state index in [9.17, 15) is 5.11 Å². The first-order valence-electron chi connectivity index (χ1n) is 5.35.